The van der Waals surface area contributed by atoms with Crippen molar-refractivity contribution in [1.82, 2.24) is 14.7 Å². The summed E-state index contributed by atoms with van der Waals surface area (Å²) >= 11 is 0. The monoisotopic (exact) mass is 419 g/mol. The van der Waals surface area contributed by atoms with Crippen LogP contribution in [0.1, 0.15) is 51.0 Å². The van der Waals surface area contributed by atoms with Crippen LogP contribution >= 0.6 is 0 Å². The Kier molecular flexibility index (Phi) is 13.3. The number of aromatic hydroxyl groups is 1. The summed E-state index contributed by atoms with van der Waals surface area (Å²) in [4.78, 5) is 7.14. The fraction of sp³-hybridized carbons (Fsp3) is 0.769. The molecule has 0 amide bonds. The first-order valence-corrected chi connectivity index (χ1v) is 11.9. The zero-order valence-electron chi connectivity index (χ0n) is 20.9. The van der Waals surface area contributed by atoms with Gasteiger partial charge in [-0.15, -0.1) is 0 Å². The number of unbranched alkanes of at least 4 members (excludes halogenated alkanes) is 1. The van der Waals surface area contributed by atoms with Gasteiger partial charge in [-0.3, -0.25) is 0 Å². The number of phenolic OH excluding ortho intramolecular Hbond substituents is 1. The topological polar surface area (TPSA) is 30.0 Å². The third-order valence-electron chi connectivity index (χ3n) is 6.07. The standard InChI is InChI=1S/C26H49N3O/c1-8-9-13-24(20-28(4)5)25(21-29(6)7)18-23(19-27(2)3)12-10-11-22-14-16-26(30)17-15-22/h14-17,23-25,30H,8-13,18-21H2,1-7H3. The molecule has 4 heteroatoms. The van der Waals surface area contributed by atoms with Crippen molar-refractivity contribution in [2.24, 2.45) is 17.8 Å². The fourth-order valence-corrected chi connectivity index (χ4v) is 4.78. The summed E-state index contributed by atoms with van der Waals surface area (Å²) in [5, 5.41) is 9.50. The predicted molar refractivity (Wildman–Crippen MR) is 131 cm³/mol. The van der Waals surface area contributed by atoms with Crippen LogP contribution in [0.3, 0.4) is 0 Å². The number of aryl methyl sites for hydroxylation is 1. The molecule has 0 aliphatic heterocycles. The molecule has 3 atom stereocenters. The minimum atomic E-state index is 0.356. The van der Waals surface area contributed by atoms with Crippen LogP contribution in [0.4, 0.5) is 0 Å². The van der Waals surface area contributed by atoms with E-state index in [4.69, 9.17) is 0 Å². The third kappa shape index (κ3) is 11.9. The average Bonchev–Trinajstić information content (AvgIpc) is 2.65. The molecule has 0 aromatic heterocycles. The predicted octanol–water partition coefficient (Wildman–Crippen LogP) is 4.83. The molecule has 174 valence electrons. The summed E-state index contributed by atoms with van der Waals surface area (Å²) in [6, 6.07) is 7.73. The second kappa shape index (κ2) is 14.8. The molecule has 1 aromatic carbocycles. The number of benzene rings is 1. The van der Waals surface area contributed by atoms with Gasteiger partial charge in [0.05, 0.1) is 0 Å². The summed E-state index contributed by atoms with van der Waals surface area (Å²) < 4.78 is 0. The molecule has 1 N–H and O–H groups in total. The van der Waals surface area contributed by atoms with E-state index in [0.717, 1.165) is 24.2 Å². The van der Waals surface area contributed by atoms with E-state index in [0.29, 0.717) is 5.75 Å². The molecular formula is C26H49N3O. The quantitative estimate of drug-likeness (QED) is 0.416. The summed E-state index contributed by atoms with van der Waals surface area (Å²) in [5.74, 6) is 2.60. The molecule has 0 heterocycles. The molecular weight excluding hydrogens is 370 g/mol. The van der Waals surface area contributed by atoms with Crippen molar-refractivity contribution in [3.05, 3.63) is 29.8 Å². The van der Waals surface area contributed by atoms with E-state index in [1.165, 1.54) is 63.7 Å². The van der Waals surface area contributed by atoms with Gasteiger partial charge in [-0.05, 0) is 110 Å². The molecule has 0 aliphatic carbocycles. The van der Waals surface area contributed by atoms with Crippen LogP contribution in [-0.2, 0) is 6.42 Å². The van der Waals surface area contributed by atoms with Gasteiger partial charge in [0.1, 0.15) is 5.75 Å². The van der Waals surface area contributed by atoms with Crippen LogP contribution < -0.4 is 0 Å². The lowest BCUT2D eigenvalue weighted by molar-refractivity contribution is 0.149. The Labute approximate surface area is 187 Å². The van der Waals surface area contributed by atoms with Crippen LogP contribution in [0.25, 0.3) is 0 Å². The number of phenols is 1. The van der Waals surface area contributed by atoms with Crippen molar-refractivity contribution < 1.29 is 5.11 Å². The molecule has 1 aromatic rings. The van der Waals surface area contributed by atoms with Crippen LogP contribution in [0.2, 0.25) is 0 Å². The second-order valence-electron chi connectivity index (χ2n) is 10.1. The van der Waals surface area contributed by atoms with Crippen LogP contribution in [0, 0.1) is 17.8 Å². The highest BCUT2D eigenvalue weighted by Gasteiger charge is 2.26. The zero-order valence-corrected chi connectivity index (χ0v) is 20.9. The van der Waals surface area contributed by atoms with Gasteiger partial charge in [0.25, 0.3) is 0 Å². The Morgan fingerprint density at radius 3 is 1.83 bits per heavy atom. The number of rotatable bonds is 16. The van der Waals surface area contributed by atoms with Gasteiger partial charge in [0.2, 0.25) is 0 Å². The maximum atomic E-state index is 9.50. The summed E-state index contributed by atoms with van der Waals surface area (Å²) in [6.07, 6.45) is 8.85. The second-order valence-corrected chi connectivity index (χ2v) is 10.1. The summed E-state index contributed by atoms with van der Waals surface area (Å²) in [5.41, 5.74) is 1.33. The number of hydrogen-bond acceptors (Lipinski definition) is 4. The fourth-order valence-electron chi connectivity index (χ4n) is 4.78. The molecule has 0 fully saturated rings. The van der Waals surface area contributed by atoms with Gasteiger partial charge in [0.15, 0.2) is 0 Å². The first kappa shape index (κ1) is 26.9. The Morgan fingerprint density at radius 2 is 1.30 bits per heavy atom. The Bertz CT molecular complexity index is 542. The van der Waals surface area contributed by atoms with Gasteiger partial charge >= 0.3 is 0 Å². The van der Waals surface area contributed by atoms with Crippen LogP contribution in [-0.4, -0.2) is 81.7 Å². The van der Waals surface area contributed by atoms with Gasteiger partial charge < -0.3 is 19.8 Å². The van der Waals surface area contributed by atoms with E-state index in [1.54, 1.807) is 12.1 Å². The molecule has 0 aliphatic rings. The molecule has 30 heavy (non-hydrogen) atoms. The molecule has 4 nitrogen and oxygen atoms in total. The van der Waals surface area contributed by atoms with Gasteiger partial charge in [-0.2, -0.15) is 0 Å². The minimum absolute atomic E-state index is 0.356. The summed E-state index contributed by atoms with van der Waals surface area (Å²) in [7, 11) is 13.3. The van der Waals surface area contributed by atoms with Crippen molar-refractivity contribution >= 4 is 0 Å². The Balaban J connectivity index is 2.80. The highest BCUT2D eigenvalue weighted by atomic mass is 16.3. The Hall–Kier alpha value is -1.10. The largest absolute Gasteiger partial charge is 0.508 e. The first-order chi connectivity index (χ1) is 14.2. The maximum absolute atomic E-state index is 9.50. The van der Waals surface area contributed by atoms with E-state index < -0.39 is 0 Å². The van der Waals surface area contributed by atoms with E-state index in [-0.39, 0.29) is 0 Å². The van der Waals surface area contributed by atoms with Gasteiger partial charge in [-0.25, -0.2) is 0 Å². The average molecular weight is 420 g/mol. The molecule has 3 unspecified atom stereocenters. The highest BCUT2D eigenvalue weighted by Crippen LogP contribution is 2.29. The first-order valence-electron chi connectivity index (χ1n) is 11.9. The van der Waals surface area contributed by atoms with Crippen LogP contribution in [0.15, 0.2) is 24.3 Å². The molecule has 1 rings (SSSR count). The smallest absolute Gasteiger partial charge is 0.115 e. The Morgan fingerprint density at radius 1 is 0.733 bits per heavy atom. The number of nitrogens with zero attached hydrogens (tertiary/aromatic N) is 3. The highest BCUT2D eigenvalue weighted by molar-refractivity contribution is 5.25. The zero-order chi connectivity index (χ0) is 22.5. The van der Waals surface area contributed by atoms with E-state index in [9.17, 15) is 5.11 Å². The molecule has 0 radical (unpaired) electrons. The van der Waals surface area contributed by atoms with E-state index in [1.807, 2.05) is 0 Å². The number of hydrogen-bond donors (Lipinski definition) is 1. The lowest BCUT2D eigenvalue weighted by Gasteiger charge is -2.35. The normalized spacial score (nSPS) is 15.1. The van der Waals surface area contributed by atoms with Crippen molar-refractivity contribution in [2.45, 2.75) is 51.9 Å². The van der Waals surface area contributed by atoms with Crippen molar-refractivity contribution in [1.29, 1.82) is 0 Å². The van der Waals surface area contributed by atoms with Crippen molar-refractivity contribution in [3.8, 4) is 5.75 Å². The molecule has 0 spiro atoms. The lowest BCUT2D eigenvalue weighted by atomic mass is 9.79. The minimum Gasteiger partial charge on any atom is -0.508 e. The lowest BCUT2D eigenvalue weighted by Crippen LogP contribution is -2.36. The van der Waals surface area contributed by atoms with E-state index in [2.05, 4.69) is 76.0 Å². The third-order valence-corrected chi connectivity index (χ3v) is 6.07. The SMILES string of the molecule is CCCCC(CN(C)C)C(CC(CCCc1ccc(O)cc1)CN(C)C)CN(C)C. The van der Waals surface area contributed by atoms with Crippen LogP contribution in [0.5, 0.6) is 5.75 Å². The molecule has 0 saturated carbocycles. The van der Waals surface area contributed by atoms with Gasteiger partial charge in [0, 0.05) is 19.6 Å². The van der Waals surface area contributed by atoms with Crippen molar-refractivity contribution in [2.75, 3.05) is 61.9 Å². The van der Waals surface area contributed by atoms with Gasteiger partial charge in [-0.1, -0.05) is 31.9 Å². The molecule has 0 saturated heterocycles. The molecule has 0 bridgehead atoms. The van der Waals surface area contributed by atoms with Crippen molar-refractivity contribution in [3.63, 3.8) is 0 Å². The summed E-state index contributed by atoms with van der Waals surface area (Å²) in [6.45, 7) is 5.86. The maximum Gasteiger partial charge on any atom is 0.115 e. The van der Waals surface area contributed by atoms with E-state index >= 15 is 0 Å².